The molecule has 0 atom stereocenters. The highest BCUT2D eigenvalue weighted by Gasteiger charge is 2.11. The second-order valence-corrected chi connectivity index (χ2v) is 5.55. The summed E-state index contributed by atoms with van der Waals surface area (Å²) in [6, 6.07) is 4.33. The molecule has 4 N–H and O–H groups in total. The Morgan fingerprint density at radius 1 is 1.47 bits per heavy atom. The summed E-state index contributed by atoms with van der Waals surface area (Å²) in [6.07, 6.45) is 1.64. The van der Waals surface area contributed by atoms with Gasteiger partial charge in [-0.05, 0) is 24.6 Å². The minimum atomic E-state index is -3.78. The van der Waals surface area contributed by atoms with E-state index in [0.717, 1.165) is 5.56 Å². The molecule has 0 bridgehead atoms. The van der Waals surface area contributed by atoms with Crippen LogP contribution in [0.25, 0.3) is 0 Å². The van der Waals surface area contributed by atoms with Gasteiger partial charge in [-0.3, -0.25) is 4.79 Å². The van der Waals surface area contributed by atoms with Crippen LogP contribution in [0.15, 0.2) is 35.7 Å². The number of rotatable bonds is 6. The normalized spacial score (nSPS) is 11.1. The molecule has 1 rings (SSSR count). The first kappa shape index (κ1) is 15.4. The third kappa shape index (κ3) is 4.82. The number of benzene rings is 1. The van der Waals surface area contributed by atoms with Gasteiger partial charge in [-0.25, -0.2) is 13.6 Å². The van der Waals surface area contributed by atoms with Crippen molar-refractivity contribution in [3.63, 3.8) is 0 Å². The quantitative estimate of drug-likeness (QED) is 0.518. The van der Waals surface area contributed by atoms with Crippen LogP contribution in [0, 0.1) is 6.92 Å². The molecular formula is C12H17N3O3S. The lowest BCUT2D eigenvalue weighted by atomic mass is 10.2. The summed E-state index contributed by atoms with van der Waals surface area (Å²) in [7, 11) is -3.78. The standard InChI is InChI=1S/C12H17N3O3S/c1-3-6-14-8-12(16)15-11-7-10(19(13,17)18)5-4-9(11)2/h3-5,7,14H,1,6,8H2,2H3,(H,15,16)(H2,13,17,18). The number of hydrogen-bond acceptors (Lipinski definition) is 4. The highest BCUT2D eigenvalue weighted by molar-refractivity contribution is 7.89. The smallest absolute Gasteiger partial charge is 0.238 e. The van der Waals surface area contributed by atoms with Crippen LogP contribution in [0.5, 0.6) is 0 Å². The van der Waals surface area contributed by atoms with Gasteiger partial charge >= 0.3 is 0 Å². The predicted molar refractivity (Wildman–Crippen MR) is 74.2 cm³/mol. The first-order chi connectivity index (χ1) is 8.84. The fourth-order valence-electron chi connectivity index (χ4n) is 1.39. The van der Waals surface area contributed by atoms with Gasteiger partial charge in [-0.15, -0.1) is 6.58 Å². The Morgan fingerprint density at radius 3 is 2.74 bits per heavy atom. The molecule has 0 saturated heterocycles. The van der Waals surface area contributed by atoms with Crippen LogP contribution >= 0.6 is 0 Å². The van der Waals surface area contributed by atoms with Crippen LogP contribution in [0.2, 0.25) is 0 Å². The Kier molecular flexibility index (Phi) is 5.22. The van der Waals surface area contributed by atoms with Gasteiger partial charge in [0, 0.05) is 12.2 Å². The minimum absolute atomic E-state index is 0.0348. The van der Waals surface area contributed by atoms with Crippen LogP contribution in [-0.2, 0) is 14.8 Å². The van der Waals surface area contributed by atoms with Crippen LogP contribution in [-0.4, -0.2) is 27.4 Å². The SMILES string of the molecule is C=CCNCC(=O)Nc1cc(S(N)(=O)=O)ccc1C. The number of nitrogens with two attached hydrogens (primary N) is 1. The topological polar surface area (TPSA) is 101 Å². The van der Waals surface area contributed by atoms with E-state index in [9.17, 15) is 13.2 Å². The molecule has 0 aliphatic heterocycles. The van der Waals surface area contributed by atoms with Crippen molar-refractivity contribution in [2.45, 2.75) is 11.8 Å². The minimum Gasteiger partial charge on any atom is -0.325 e. The molecule has 1 aromatic carbocycles. The van der Waals surface area contributed by atoms with Crippen molar-refractivity contribution >= 4 is 21.6 Å². The Morgan fingerprint density at radius 2 is 2.16 bits per heavy atom. The monoisotopic (exact) mass is 283 g/mol. The lowest BCUT2D eigenvalue weighted by molar-refractivity contribution is -0.115. The molecule has 19 heavy (non-hydrogen) atoms. The zero-order chi connectivity index (χ0) is 14.5. The first-order valence-corrected chi connectivity index (χ1v) is 7.14. The van der Waals surface area contributed by atoms with E-state index in [2.05, 4.69) is 17.2 Å². The number of amides is 1. The lowest BCUT2D eigenvalue weighted by Gasteiger charge is -2.10. The van der Waals surface area contributed by atoms with Gasteiger partial charge in [-0.1, -0.05) is 12.1 Å². The Hall–Kier alpha value is -1.70. The number of carbonyl (C=O) groups is 1. The second kappa shape index (κ2) is 6.46. The van der Waals surface area contributed by atoms with E-state index >= 15 is 0 Å². The average Bonchev–Trinajstić information content (AvgIpc) is 2.31. The van der Waals surface area contributed by atoms with Crippen LogP contribution < -0.4 is 15.8 Å². The van der Waals surface area contributed by atoms with E-state index in [1.54, 1.807) is 19.1 Å². The molecule has 0 radical (unpaired) electrons. The lowest BCUT2D eigenvalue weighted by Crippen LogP contribution is -2.28. The number of carbonyl (C=O) groups excluding carboxylic acids is 1. The summed E-state index contributed by atoms with van der Waals surface area (Å²) in [5, 5.41) is 10.5. The number of sulfonamides is 1. The number of aryl methyl sites for hydroxylation is 1. The number of hydrogen-bond donors (Lipinski definition) is 3. The molecule has 1 amide bonds. The van der Waals surface area contributed by atoms with Gasteiger partial charge in [0.25, 0.3) is 0 Å². The van der Waals surface area contributed by atoms with Crippen molar-refractivity contribution in [1.29, 1.82) is 0 Å². The van der Waals surface area contributed by atoms with E-state index in [-0.39, 0.29) is 17.3 Å². The number of nitrogens with one attached hydrogen (secondary N) is 2. The van der Waals surface area contributed by atoms with Crippen molar-refractivity contribution in [2.24, 2.45) is 5.14 Å². The fraction of sp³-hybridized carbons (Fsp3) is 0.250. The molecule has 0 spiro atoms. The molecule has 6 nitrogen and oxygen atoms in total. The third-order valence-electron chi connectivity index (χ3n) is 2.39. The molecule has 7 heteroatoms. The van der Waals surface area contributed by atoms with Crippen molar-refractivity contribution < 1.29 is 13.2 Å². The highest BCUT2D eigenvalue weighted by atomic mass is 32.2. The molecule has 104 valence electrons. The van der Waals surface area contributed by atoms with Gasteiger partial charge < -0.3 is 10.6 Å². The Bertz CT molecular complexity index is 582. The summed E-state index contributed by atoms with van der Waals surface area (Å²) in [6.45, 7) is 5.92. The summed E-state index contributed by atoms with van der Waals surface area (Å²) in [4.78, 5) is 11.6. The first-order valence-electron chi connectivity index (χ1n) is 5.59. The zero-order valence-electron chi connectivity index (χ0n) is 10.6. The molecule has 1 aromatic rings. The van der Waals surface area contributed by atoms with Gasteiger partial charge in [-0.2, -0.15) is 0 Å². The molecule has 0 fully saturated rings. The van der Waals surface area contributed by atoms with E-state index in [1.807, 2.05) is 0 Å². The summed E-state index contributed by atoms with van der Waals surface area (Å²) < 4.78 is 22.5. The van der Waals surface area contributed by atoms with E-state index in [0.29, 0.717) is 12.2 Å². The zero-order valence-corrected chi connectivity index (χ0v) is 11.5. The Balaban J connectivity index is 2.83. The summed E-state index contributed by atoms with van der Waals surface area (Å²) >= 11 is 0. The summed E-state index contributed by atoms with van der Waals surface area (Å²) in [5.41, 5.74) is 1.18. The van der Waals surface area contributed by atoms with Gasteiger partial charge in [0.2, 0.25) is 15.9 Å². The predicted octanol–water partition coefficient (Wildman–Crippen LogP) is 0.357. The maximum absolute atomic E-state index is 11.6. The molecule has 0 saturated carbocycles. The third-order valence-corrected chi connectivity index (χ3v) is 3.30. The van der Waals surface area contributed by atoms with Crippen LogP contribution in [0.1, 0.15) is 5.56 Å². The molecule has 0 heterocycles. The van der Waals surface area contributed by atoms with E-state index < -0.39 is 10.0 Å². The highest BCUT2D eigenvalue weighted by Crippen LogP contribution is 2.19. The molecule has 0 aliphatic rings. The fourth-order valence-corrected chi connectivity index (χ4v) is 1.93. The van der Waals surface area contributed by atoms with Crippen molar-refractivity contribution in [3.8, 4) is 0 Å². The average molecular weight is 283 g/mol. The van der Waals surface area contributed by atoms with Gasteiger partial charge in [0.1, 0.15) is 0 Å². The molecule has 0 aliphatic carbocycles. The Labute approximate surface area is 112 Å². The summed E-state index contributed by atoms with van der Waals surface area (Å²) in [5.74, 6) is -0.267. The number of primary sulfonamides is 1. The van der Waals surface area contributed by atoms with Crippen molar-refractivity contribution in [3.05, 3.63) is 36.4 Å². The van der Waals surface area contributed by atoms with Crippen LogP contribution in [0.3, 0.4) is 0 Å². The van der Waals surface area contributed by atoms with Gasteiger partial charge in [0.15, 0.2) is 0 Å². The van der Waals surface area contributed by atoms with Crippen molar-refractivity contribution in [2.75, 3.05) is 18.4 Å². The van der Waals surface area contributed by atoms with E-state index in [4.69, 9.17) is 5.14 Å². The maximum atomic E-state index is 11.6. The number of anilines is 1. The van der Waals surface area contributed by atoms with E-state index in [1.165, 1.54) is 12.1 Å². The largest absolute Gasteiger partial charge is 0.325 e. The molecule has 0 unspecified atom stereocenters. The van der Waals surface area contributed by atoms with Crippen molar-refractivity contribution in [1.82, 2.24) is 5.32 Å². The maximum Gasteiger partial charge on any atom is 0.238 e. The second-order valence-electron chi connectivity index (χ2n) is 3.99. The van der Waals surface area contributed by atoms with Crippen LogP contribution in [0.4, 0.5) is 5.69 Å². The van der Waals surface area contributed by atoms with Gasteiger partial charge in [0.05, 0.1) is 11.4 Å². The molecular weight excluding hydrogens is 266 g/mol. The molecule has 0 aromatic heterocycles.